The summed E-state index contributed by atoms with van der Waals surface area (Å²) in [5.74, 6) is -0.907. The largest absolute Gasteiger partial charge is 0.479 e. The number of ether oxygens (including phenoxy) is 2. The summed E-state index contributed by atoms with van der Waals surface area (Å²) in [4.78, 5) is 10.6. The second-order valence-electron chi connectivity index (χ2n) is 5.34. The van der Waals surface area contributed by atoms with Gasteiger partial charge in [-0.15, -0.1) is 0 Å². The molecule has 2 atom stereocenters. The van der Waals surface area contributed by atoms with Crippen molar-refractivity contribution in [2.45, 2.75) is 69.7 Å². The van der Waals surface area contributed by atoms with Crippen LogP contribution in [0.25, 0.3) is 0 Å². The van der Waals surface area contributed by atoms with Crippen molar-refractivity contribution < 1.29 is 19.4 Å². The molecule has 2 unspecified atom stereocenters. The van der Waals surface area contributed by atoms with Crippen molar-refractivity contribution in [1.82, 2.24) is 0 Å². The van der Waals surface area contributed by atoms with Crippen LogP contribution in [0.5, 0.6) is 0 Å². The zero-order valence-corrected chi connectivity index (χ0v) is 10.5. The van der Waals surface area contributed by atoms with Crippen LogP contribution in [0.1, 0.15) is 51.9 Å². The fourth-order valence-electron chi connectivity index (χ4n) is 2.90. The van der Waals surface area contributed by atoms with E-state index in [1.54, 1.807) is 6.92 Å². The number of rotatable bonds is 4. The highest BCUT2D eigenvalue weighted by Gasteiger charge is 2.40. The predicted molar refractivity (Wildman–Crippen MR) is 63.0 cm³/mol. The Morgan fingerprint density at radius 1 is 1.41 bits per heavy atom. The average molecular weight is 242 g/mol. The molecule has 0 radical (unpaired) electrons. The summed E-state index contributed by atoms with van der Waals surface area (Å²) < 4.78 is 11.4. The van der Waals surface area contributed by atoms with Gasteiger partial charge in [0.15, 0.2) is 6.10 Å². The molecule has 1 saturated carbocycles. The molecule has 1 N–H and O–H groups in total. The summed E-state index contributed by atoms with van der Waals surface area (Å²) in [5, 5.41) is 8.73. The Morgan fingerprint density at radius 3 is 2.76 bits per heavy atom. The van der Waals surface area contributed by atoms with E-state index in [4.69, 9.17) is 14.6 Å². The van der Waals surface area contributed by atoms with Gasteiger partial charge in [0.1, 0.15) is 0 Å². The first-order valence-corrected chi connectivity index (χ1v) is 6.64. The van der Waals surface area contributed by atoms with Crippen molar-refractivity contribution in [3.05, 3.63) is 0 Å². The minimum Gasteiger partial charge on any atom is -0.479 e. The molecule has 17 heavy (non-hydrogen) atoms. The molecule has 0 aromatic heterocycles. The second kappa shape index (κ2) is 5.36. The fraction of sp³-hybridized carbons (Fsp3) is 0.923. The normalized spacial score (nSPS) is 29.4. The molecule has 4 nitrogen and oxygen atoms in total. The zero-order valence-electron chi connectivity index (χ0n) is 10.5. The molecular formula is C13H22O4. The summed E-state index contributed by atoms with van der Waals surface area (Å²) in [6.45, 7) is 1.98. The fourth-order valence-corrected chi connectivity index (χ4v) is 2.90. The van der Waals surface area contributed by atoms with Crippen LogP contribution >= 0.6 is 0 Å². The maximum atomic E-state index is 10.6. The third-order valence-corrected chi connectivity index (χ3v) is 3.98. The van der Waals surface area contributed by atoms with Crippen LogP contribution in [0.3, 0.4) is 0 Å². The van der Waals surface area contributed by atoms with Crippen LogP contribution in [0.4, 0.5) is 0 Å². The molecule has 1 spiro atoms. The Balaban J connectivity index is 1.76. The van der Waals surface area contributed by atoms with Crippen molar-refractivity contribution >= 4 is 5.97 Å². The number of hydrogen-bond acceptors (Lipinski definition) is 3. The lowest BCUT2D eigenvalue weighted by atomic mass is 9.83. The van der Waals surface area contributed by atoms with Gasteiger partial charge in [-0.3, -0.25) is 0 Å². The number of carboxylic acid groups (broad SMARTS) is 1. The molecule has 98 valence electrons. The van der Waals surface area contributed by atoms with Gasteiger partial charge in [-0.2, -0.15) is 0 Å². The number of hydrogen-bond donors (Lipinski definition) is 1. The Hall–Kier alpha value is -0.610. The maximum Gasteiger partial charge on any atom is 0.332 e. The van der Waals surface area contributed by atoms with Gasteiger partial charge in [0.2, 0.25) is 0 Å². The smallest absolute Gasteiger partial charge is 0.332 e. The van der Waals surface area contributed by atoms with E-state index in [1.807, 2.05) is 0 Å². The van der Waals surface area contributed by atoms with Gasteiger partial charge in [-0.1, -0.05) is 19.3 Å². The topological polar surface area (TPSA) is 55.8 Å². The van der Waals surface area contributed by atoms with Crippen molar-refractivity contribution in [2.24, 2.45) is 0 Å². The molecule has 0 amide bonds. The van der Waals surface area contributed by atoms with Crippen LogP contribution in [-0.4, -0.2) is 35.5 Å². The van der Waals surface area contributed by atoms with Gasteiger partial charge in [0.25, 0.3) is 0 Å². The molecule has 1 aliphatic heterocycles. The molecule has 0 bridgehead atoms. The second-order valence-corrected chi connectivity index (χ2v) is 5.34. The molecule has 1 saturated heterocycles. The SMILES string of the molecule is CC(OCC1CCC2(CCCCC2)O1)C(=O)O. The molecule has 2 aliphatic rings. The number of carbonyl (C=O) groups is 1. The minimum atomic E-state index is -0.907. The van der Waals surface area contributed by atoms with Crippen molar-refractivity contribution in [3.8, 4) is 0 Å². The Labute approximate surface area is 102 Å². The molecule has 0 aromatic rings. The number of aliphatic carboxylic acids is 1. The van der Waals surface area contributed by atoms with E-state index < -0.39 is 12.1 Å². The minimum absolute atomic E-state index is 0.0925. The summed E-state index contributed by atoms with van der Waals surface area (Å²) >= 11 is 0. The summed E-state index contributed by atoms with van der Waals surface area (Å²) in [7, 11) is 0. The third kappa shape index (κ3) is 3.19. The van der Waals surface area contributed by atoms with Crippen LogP contribution in [0, 0.1) is 0 Å². The van der Waals surface area contributed by atoms with Crippen LogP contribution in [0.15, 0.2) is 0 Å². The number of carboxylic acids is 1. The monoisotopic (exact) mass is 242 g/mol. The predicted octanol–water partition coefficient (Wildman–Crippen LogP) is 2.36. The third-order valence-electron chi connectivity index (χ3n) is 3.98. The van der Waals surface area contributed by atoms with E-state index in [2.05, 4.69) is 0 Å². The van der Waals surface area contributed by atoms with Gasteiger partial charge in [0.05, 0.1) is 18.3 Å². The standard InChI is InChI=1S/C13H22O4/c1-10(12(14)15)16-9-11-5-8-13(17-11)6-3-2-4-7-13/h10-11H,2-9H2,1H3,(H,14,15). The van der Waals surface area contributed by atoms with Crippen molar-refractivity contribution in [2.75, 3.05) is 6.61 Å². The zero-order chi connectivity index (χ0) is 12.3. The lowest BCUT2D eigenvalue weighted by Crippen LogP contribution is -2.33. The summed E-state index contributed by atoms with van der Waals surface area (Å²) in [5.41, 5.74) is 0.0960. The highest BCUT2D eigenvalue weighted by molar-refractivity contribution is 5.71. The van der Waals surface area contributed by atoms with Gasteiger partial charge in [-0.05, 0) is 32.6 Å². The highest BCUT2D eigenvalue weighted by Crippen LogP contribution is 2.41. The van der Waals surface area contributed by atoms with Gasteiger partial charge < -0.3 is 14.6 Å². The van der Waals surface area contributed by atoms with Crippen LogP contribution in [-0.2, 0) is 14.3 Å². The lowest BCUT2D eigenvalue weighted by molar-refractivity contribution is -0.153. The average Bonchev–Trinajstić information content (AvgIpc) is 2.70. The van der Waals surface area contributed by atoms with E-state index in [-0.39, 0.29) is 11.7 Å². The van der Waals surface area contributed by atoms with E-state index >= 15 is 0 Å². The quantitative estimate of drug-likeness (QED) is 0.822. The van der Waals surface area contributed by atoms with E-state index in [9.17, 15) is 4.79 Å². The van der Waals surface area contributed by atoms with Gasteiger partial charge in [-0.25, -0.2) is 4.79 Å². The summed E-state index contributed by atoms with van der Waals surface area (Å²) in [6, 6.07) is 0. The molecular weight excluding hydrogens is 220 g/mol. The Morgan fingerprint density at radius 2 is 2.12 bits per heavy atom. The molecule has 2 rings (SSSR count). The first kappa shape index (κ1) is 12.8. The molecule has 2 fully saturated rings. The highest BCUT2D eigenvalue weighted by atomic mass is 16.6. The first-order chi connectivity index (χ1) is 8.11. The van der Waals surface area contributed by atoms with Crippen LogP contribution < -0.4 is 0 Å². The van der Waals surface area contributed by atoms with E-state index in [1.165, 1.54) is 19.3 Å². The van der Waals surface area contributed by atoms with E-state index in [0.29, 0.717) is 6.61 Å². The molecule has 1 aliphatic carbocycles. The molecule has 0 aromatic carbocycles. The van der Waals surface area contributed by atoms with Gasteiger partial charge in [0, 0.05) is 0 Å². The Bertz CT molecular complexity index is 271. The molecule has 1 heterocycles. The van der Waals surface area contributed by atoms with Crippen LogP contribution in [0.2, 0.25) is 0 Å². The summed E-state index contributed by atoms with van der Waals surface area (Å²) in [6.07, 6.45) is 7.65. The Kier molecular flexibility index (Phi) is 4.05. The van der Waals surface area contributed by atoms with Gasteiger partial charge >= 0.3 is 5.97 Å². The van der Waals surface area contributed by atoms with Crippen molar-refractivity contribution in [3.63, 3.8) is 0 Å². The first-order valence-electron chi connectivity index (χ1n) is 6.64. The lowest BCUT2D eigenvalue weighted by Gasteiger charge is -2.33. The van der Waals surface area contributed by atoms with E-state index in [0.717, 1.165) is 25.7 Å². The maximum absolute atomic E-state index is 10.6. The molecule has 4 heteroatoms. The van der Waals surface area contributed by atoms with Crippen molar-refractivity contribution in [1.29, 1.82) is 0 Å².